The summed E-state index contributed by atoms with van der Waals surface area (Å²) >= 11 is 0. The Labute approximate surface area is 173 Å². The summed E-state index contributed by atoms with van der Waals surface area (Å²) in [4.78, 5) is 2.56. The molecule has 1 aliphatic rings. The highest BCUT2D eigenvalue weighted by Crippen LogP contribution is 2.36. The minimum absolute atomic E-state index is 0.828. The second kappa shape index (κ2) is 9.33. The summed E-state index contributed by atoms with van der Waals surface area (Å²) in [6.07, 6.45) is 4.50. The van der Waals surface area contributed by atoms with Crippen molar-refractivity contribution < 1.29 is 9.47 Å². The van der Waals surface area contributed by atoms with Gasteiger partial charge >= 0.3 is 0 Å². The Balaban J connectivity index is 1.63. The summed E-state index contributed by atoms with van der Waals surface area (Å²) in [5.74, 6) is 1.72. The maximum absolute atomic E-state index is 5.76. The third-order valence-electron chi connectivity index (χ3n) is 5.78. The quantitative estimate of drug-likeness (QED) is 0.635. The predicted molar refractivity (Wildman–Crippen MR) is 118 cm³/mol. The van der Waals surface area contributed by atoms with Crippen molar-refractivity contribution in [2.45, 2.75) is 19.4 Å². The average molecular weight is 394 g/mol. The van der Waals surface area contributed by atoms with Crippen LogP contribution in [-0.4, -0.2) is 56.4 Å². The molecular formula is C24H31N3O2. The van der Waals surface area contributed by atoms with E-state index in [0.29, 0.717) is 0 Å². The number of rotatable bonds is 8. The Morgan fingerprint density at radius 2 is 1.79 bits per heavy atom. The van der Waals surface area contributed by atoms with Crippen LogP contribution in [0.1, 0.15) is 17.5 Å². The van der Waals surface area contributed by atoms with Gasteiger partial charge in [0.1, 0.15) is 11.5 Å². The number of hydrogen-bond donors (Lipinski definition) is 1. The van der Waals surface area contributed by atoms with E-state index in [1.165, 1.54) is 22.0 Å². The molecule has 0 spiro atoms. The summed E-state index contributed by atoms with van der Waals surface area (Å²) in [6, 6.07) is 14.7. The van der Waals surface area contributed by atoms with Gasteiger partial charge in [0.05, 0.1) is 19.7 Å². The van der Waals surface area contributed by atoms with E-state index in [4.69, 9.17) is 9.47 Å². The van der Waals surface area contributed by atoms with E-state index < -0.39 is 0 Å². The third-order valence-corrected chi connectivity index (χ3v) is 5.78. The van der Waals surface area contributed by atoms with Gasteiger partial charge in [-0.2, -0.15) is 0 Å². The van der Waals surface area contributed by atoms with Gasteiger partial charge in [-0.1, -0.05) is 30.3 Å². The highest BCUT2D eigenvalue weighted by Gasteiger charge is 2.16. The van der Waals surface area contributed by atoms with E-state index in [1.54, 1.807) is 14.2 Å². The molecule has 1 aliphatic heterocycles. The molecule has 0 atom stereocenters. The van der Waals surface area contributed by atoms with Crippen molar-refractivity contribution in [2.24, 2.45) is 0 Å². The molecule has 29 heavy (non-hydrogen) atoms. The van der Waals surface area contributed by atoms with Gasteiger partial charge in [0, 0.05) is 56.4 Å². The molecule has 154 valence electrons. The minimum Gasteiger partial charge on any atom is -0.497 e. The largest absolute Gasteiger partial charge is 0.497 e. The van der Waals surface area contributed by atoms with Crippen LogP contribution in [0.25, 0.3) is 10.9 Å². The van der Waals surface area contributed by atoms with Gasteiger partial charge < -0.3 is 24.3 Å². The molecule has 3 aromatic rings. The molecule has 0 amide bonds. The Hall–Kier alpha value is -2.50. The van der Waals surface area contributed by atoms with Crippen LogP contribution in [0.15, 0.2) is 48.7 Å². The first kappa shape index (κ1) is 19.8. The molecule has 1 aromatic heterocycles. The number of hydrogen-bond acceptors (Lipinski definition) is 4. The second-order valence-corrected chi connectivity index (χ2v) is 7.69. The summed E-state index contributed by atoms with van der Waals surface area (Å²) in [5, 5.41) is 4.64. The molecule has 0 radical (unpaired) electrons. The third kappa shape index (κ3) is 4.57. The number of benzene rings is 2. The van der Waals surface area contributed by atoms with Crippen LogP contribution in [0.5, 0.6) is 11.5 Å². The number of fused-ring (bicyclic) bond motifs is 1. The summed E-state index contributed by atoms with van der Waals surface area (Å²) in [5.41, 5.74) is 3.81. The fraction of sp³-hybridized carbons (Fsp3) is 0.417. The van der Waals surface area contributed by atoms with Gasteiger partial charge in [-0.05, 0) is 30.5 Å². The average Bonchev–Trinajstić information content (AvgIpc) is 3.12. The Bertz CT molecular complexity index is 930. The first-order valence-electron chi connectivity index (χ1n) is 10.5. The van der Waals surface area contributed by atoms with Crippen molar-refractivity contribution in [3.63, 3.8) is 0 Å². The van der Waals surface area contributed by atoms with Crippen LogP contribution < -0.4 is 14.8 Å². The van der Waals surface area contributed by atoms with Crippen LogP contribution >= 0.6 is 0 Å². The van der Waals surface area contributed by atoms with Gasteiger partial charge in [-0.15, -0.1) is 0 Å². The Morgan fingerprint density at radius 1 is 1.00 bits per heavy atom. The lowest BCUT2D eigenvalue weighted by Gasteiger charge is -2.27. The van der Waals surface area contributed by atoms with E-state index in [9.17, 15) is 0 Å². The van der Waals surface area contributed by atoms with Crippen molar-refractivity contribution in [3.05, 3.63) is 59.8 Å². The minimum atomic E-state index is 0.828. The normalized spacial score (nSPS) is 15.0. The Kier molecular flexibility index (Phi) is 6.37. The molecule has 5 nitrogen and oxygen atoms in total. The number of nitrogens with one attached hydrogen (secondary N) is 1. The van der Waals surface area contributed by atoms with Crippen molar-refractivity contribution in [1.29, 1.82) is 0 Å². The van der Waals surface area contributed by atoms with Crippen molar-refractivity contribution >= 4 is 10.9 Å². The molecular weight excluding hydrogens is 362 g/mol. The van der Waals surface area contributed by atoms with Crippen molar-refractivity contribution in [3.8, 4) is 11.5 Å². The van der Waals surface area contributed by atoms with E-state index in [1.807, 2.05) is 6.07 Å². The first-order valence-corrected chi connectivity index (χ1v) is 10.5. The van der Waals surface area contributed by atoms with Crippen LogP contribution in [0.2, 0.25) is 0 Å². The van der Waals surface area contributed by atoms with Crippen LogP contribution in [-0.2, 0) is 13.0 Å². The number of aromatic nitrogens is 1. The van der Waals surface area contributed by atoms with Gasteiger partial charge in [0.25, 0.3) is 0 Å². The van der Waals surface area contributed by atoms with Crippen molar-refractivity contribution in [1.82, 2.24) is 14.8 Å². The molecule has 1 N–H and O–H groups in total. The molecule has 0 unspecified atom stereocenters. The summed E-state index contributed by atoms with van der Waals surface area (Å²) in [6.45, 7) is 6.48. The van der Waals surface area contributed by atoms with E-state index in [2.05, 4.69) is 57.4 Å². The lowest BCUT2D eigenvalue weighted by Crippen LogP contribution is -2.43. The Morgan fingerprint density at radius 3 is 2.52 bits per heavy atom. The van der Waals surface area contributed by atoms with Gasteiger partial charge in [-0.3, -0.25) is 0 Å². The molecule has 4 rings (SSSR count). The highest BCUT2D eigenvalue weighted by atomic mass is 16.5. The number of piperazine rings is 1. The zero-order chi connectivity index (χ0) is 20.1. The zero-order valence-electron chi connectivity index (χ0n) is 17.5. The van der Waals surface area contributed by atoms with E-state index in [0.717, 1.165) is 63.6 Å². The summed E-state index contributed by atoms with van der Waals surface area (Å²) < 4.78 is 13.6. The van der Waals surface area contributed by atoms with Gasteiger partial charge in [-0.25, -0.2) is 0 Å². The molecule has 5 heteroatoms. The monoisotopic (exact) mass is 393 g/mol. The number of aryl methyl sites for hydroxylation is 1. The van der Waals surface area contributed by atoms with Crippen molar-refractivity contribution in [2.75, 3.05) is 46.9 Å². The van der Waals surface area contributed by atoms with Crippen LogP contribution in [0.3, 0.4) is 0 Å². The molecule has 1 saturated heterocycles. The fourth-order valence-electron chi connectivity index (χ4n) is 4.25. The SMILES string of the molecule is COc1cc(OC)c2c(CCCN3CCNCC3)cn(Cc3ccccc3)c2c1. The molecule has 1 fully saturated rings. The molecule has 0 aliphatic carbocycles. The van der Waals surface area contributed by atoms with E-state index >= 15 is 0 Å². The predicted octanol–water partition coefficient (Wildman–Crippen LogP) is 3.54. The lowest BCUT2D eigenvalue weighted by molar-refractivity contribution is 0.238. The first-order chi connectivity index (χ1) is 14.3. The highest BCUT2D eigenvalue weighted by molar-refractivity contribution is 5.91. The number of ether oxygens (including phenoxy) is 2. The maximum atomic E-state index is 5.76. The second-order valence-electron chi connectivity index (χ2n) is 7.69. The van der Waals surface area contributed by atoms with Crippen LogP contribution in [0, 0.1) is 0 Å². The molecule has 0 saturated carbocycles. The van der Waals surface area contributed by atoms with Gasteiger partial charge in [0.2, 0.25) is 0 Å². The summed E-state index contributed by atoms with van der Waals surface area (Å²) in [7, 11) is 3.45. The topological polar surface area (TPSA) is 38.7 Å². The molecule has 2 aromatic carbocycles. The lowest BCUT2D eigenvalue weighted by atomic mass is 10.1. The zero-order valence-corrected chi connectivity index (χ0v) is 17.5. The standard InChI is InChI=1S/C24H31N3O2/c1-28-21-15-22-24(23(16-21)29-2)20(9-6-12-26-13-10-25-11-14-26)18-27(22)17-19-7-4-3-5-8-19/h3-5,7-8,15-16,18,25H,6,9-14,17H2,1-2H3. The number of methoxy groups -OCH3 is 2. The molecule has 2 heterocycles. The fourth-order valence-corrected chi connectivity index (χ4v) is 4.25. The van der Waals surface area contributed by atoms with E-state index in [-0.39, 0.29) is 0 Å². The number of nitrogens with zero attached hydrogens (tertiary/aromatic N) is 2. The maximum Gasteiger partial charge on any atom is 0.132 e. The van der Waals surface area contributed by atoms with Crippen LogP contribution in [0.4, 0.5) is 0 Å². The van der Waals surface area contributed by atoms with Gasteiger partial charge in [0.15, 0.2) is 0 Å². The smallest absolute Gasteiger partial charge is 0.132 e. The molecule has 0 bridgehead atoms.